The Morgan fingerprint density at radius 2 is 0.647 bits per heavy atom. The van der Waals surface area contributed by atoms with Crippen molar-refractivity contribution in [3.8, 4) is 44.5 Å². The molecular formula is C62H50O6. The molecule has 0 heterocycles. The van der Waals surface area contributed by atoms with E-state index in [4.69, 9.17) is 0 Å². The van der Waals surface area contributed by atoms with E-state index in [1.807, 2.05) is 140 Å². The highest BCUT2D eigenvalue weighted by atomic mass is 16.3. The Labute approximate surface area is 396 Å². The van der Waals surface area contributed by atoms with Gasteiger partial charge in [-0.2, -0.15) is 0 Å². The zero-order valence-corrected chi connectivity index (χ0v) is 37.2. The minimum Gasteiger partial charge on any atom is -0.384 e. The first-order valence-corrected chi connectivity index (χ1v) is 23.0. The minimum atomic E-state index is -1.46. The highest BCUT2D eigenvalue weighted by molar-refractivity contribution is 5.79. The van der Waals surface area contributed by atoms with Gasteiger partial charge < -0.3 is 30.6 Å². The van der Waals surface area contributed by atoms with E-state index in [9.17, 15) is 30.6 Å². The van der Waals surface area contributed by atoms with Crippen LogP contribution in [-0.2, 0) is 29.6 Å². The Hall–Kier alpha value is -7.26. The average Bonchev–Trinajstić information content (AvgIpc) is 3.37. The van der Waals surface area contributed by atoms with E-state index < -0.39 is 34.1 Å². The minimum absolute atomic E-state index is 0.339. The third-order valence-electron chi connectivity index (χ3n) is 14.0. The van der Waals surface area contributed by atoms with Gasteiger partial charge in [0.05, 0.1) is 6.10 Å². The normalized spacial score (nSPS) is 26.8. The molecule has 0 fully saturated rings. The van der Waals surface area contributed by atoms with E-state index in [0.29, 0.717) is 35.1 Å². The average molecular weight is 891 g/mol. The Morgan fingerprint density at radius 1 is 0.324 bits per heavy atom. The maximum atomic E-state index is 12.1. The summed E-state index contributed by atoms with van der Waals surface area (Å²) in [7, 11) is 0. The number of hydrogen-bond acceptors (Lipinski definition) is 6. The standard InChI is InChI=1S/C62H50O6/c63-57-27-28-62(68)41-56(57)52-6-2-5-51(38-52)48-17-23-54(24-18-48)61(67)35-33-60(66,34-36-61)53-21-15-45(16-22-53)44-11-7-42(8-12-44)39-58(64)29-31-59(65,32-30-58)40-43-9-13-46(14-10-43)49-3-1-4-50(37-49)47-19-25-55(62)26-20-47/h1-38,41,57,63-68H,39-40H2/t57-,58?,59?,60?,61?,62+/m1/s1. The van der Waals surface area contributed by atoms with Crippen LogP contribution < -0.4 is 0 Å². The first-order valence-electron chi connectivity index (χ1n) is 23.0. The third-order valence-corrected chi connectivity index (χ3v) is 14.0. The second kappa shape index (κ2) is 16.5. The fraction of sp³-hybridized carbons (Fsp3) is 0.129. The van der Waals surface area contributed by atoms with Crippen molar-refractivity contribution >= 4 is 5.57 Å². The van der Waals surface area contributed by atoms with Gasteiger partial charge >= 0.3 is 0 Å². The summed E-state index contributed by atoms with van der Waals surface area (Å²) < 4.78 is 0. The highest BCUT2D eigenvalue weighted by Gasteiger charge is 2.35. The predicted octanol–water partition coefficient (Wildman–Crippen LogP) is 10.4. The lowest BCUT2D eigenvalue weighted by molar-refractivity contribution is 0.106. The zero-order chi connectivity index (χ0) is 46.7. The summed E-state index contributed by atoms with van der Waals surface area (Å²) >= 11 is 0. The van der Waals surface area contributed by atoms with E-state index in [1.165, 1.54) is 0 Å². The van der Waals surface area contributed by atoms with Crippen molar-refractivity contribution in [1.82, 2.24) is 0 Å². The van der Waals surface area contributed by atoms with E-state index in [1.54, 1.807) is 66.8 Å². The second-order valence-electron chi connectivity index (χ2n) is 18.8. The lowest BCUT2D eigenvalue weighted by Gasteiger charge is -2.31. The third kappa shape index (κ3) is 8.29. The number of benzene rings is 7. The first kappa shape index (κ1) is 43.3. The Balaban J connectivity index is 0.923. The number of aliphatic hydroxyl groups is 6. The summed E-state index contributed by atoms with van der Waals surface area (Å²) in [5.41, 5.74) is 6.22. The molecule has 20 rings (SSSR count). The van der Waals surface area contributed by atoms with Crippen molar-refractivity contribution in [2.24, 2.45) is 0 Å². The van der Waals surface area contributed by atoms with Crippen LogP contribution in [0.15, 0.2) is 237 Å². The molecule has 0 saturated heterocycles. The van der Waals surface area contributed by atoms with Gasteiger partial charge in [-0.3, -0.25) is 0 Å². The maximum absolute atomic E-state index is 12.1. The monoisotopic (exact) mass is 890 g/mol. The molecule has 0 unspecified atom stereocenters. The second-order valence-corrected chi connectivity index (χ2v) is 18.8. The van der Waals surface area contributed by atoms with E-state index in [0.717, 1.165) is 61.2 Å². The lowest BCUT2D eigenvalue weighted by atomic mass is 9.81. The molecule has 0 aliphatic heterocycles. The predicted molar refractivity (Wildman–Crippen MR) is 270 cm³/mol. The molecule has 6 nitrogen and oxygen atoms in total. The van der Waals surface area contributed by atoms with Gasteiger partial charge in [0.2, 0.25) is 0 Å². The molecule has 0 radical (unpaired) electrons. The van der Waals surface area contributed by atoms with Crippen LogP contribution in [0.1, 0.15) is 33.4 Å². The Morgan fingerprint density at radius 3 is 1.04 bits per heavy atom. The van der Waals surface area contributed by atoms with Crippen molar-refractivity contribution < 1.29 is 30.6 Å². The van der Waals surface area contributed by atoms with Crippen LogP contribution in [0.3, 0.4) is 0 Å². The molecular weight excluding hydrogens is 841 g/mol. The van der Waals surface area contributed by atoms with Gasteiger partial charge in [-0.25, -0.2) is 0 Å². The van der Waals surface area contributed by atoms with Crippen LogP contribution in [0.4, 0.5) is 0 Å². The van der Waals surface area contributed by atoms with Crippen LogP contribution in [-0.4, -0.2) is 47.9 Å². The number of hydrogen-bond donors (Lipinski definition) is 6. The molecule has 6 N–H and O–H groups in total. The molecule has 0 amide bonds. The smallest absolute Gasteiger partial charge is 0.127 e. The lowest BCUT2D eigenvalue weighted by Crippen LogP contribution is -2.36. The number of rotatable bonds is 0. The highest BCUT2D eigenvalue weighted by Crippen LogP contribution is 2.40. The van der Waals surface area contributed by atoms with Crippen LogP contribution in [0.5, 0.6) is 0 Å². The fourth-order valence-corrected chi connectivity index (χ4v) is 9.90. The first-order chi connectivity index (χ1) is 32.7. The van der Waals surface area contributed by atoms with Crippen molar-refractivity contribution in [2.45, 2.75) is 47.0 Å². The molecule has 20 bridgehead atoms. The van der Waals surface area contributed by atoms with E-state index >= 15 is 0 Å². The quantitative estimate of drug-likeness (QED) is 0.0844. The number of aliphatic hydroxyl groups excluding tert-OH is 1. The van der Waals surface area contributed by atoms with Gasteiger partial charge in [-0.15, -0.1) is 0 Å². The molecule has 0 saturated carbocycles. The molecule has 13 aliphatic carbocycles. The molecule has 7 aromatic rings. The molecule has 7 aromatic carbocycles. The van der Waals surface area contributed by atoms with Crippen molar-refractivity contribution in [2.75, 3.05) is 0 Å². The number of fused-ring (bicyclic) bond motifs is 2. The van der Waals surface area contributed by atoms with Crippen LogP contribution in [0.2, 0.25) is 0 Å². The molecule has 68 heavy (non-hydrogen) atoms. The van der Waals surface area contributed by atoms with Crippen molar-refractivity contribution in [3.05, 3.63) is 270 Å². The summed E-state index contributed by atoms with van der Waals surface area (Å²) in [4.78, 5) is 0. The molecule has 334 valence electrons. The molecule has 0 spiro atoms. The van der Waals surface area contributed by atoms with Crippen LogP contribution in [0, 0.1) is 0 Å². The molecule has 13 aliphatic rings. The maximum Gasteiger partial charge on any atom is 0.127 e. The summed E-state index contributed by atoms with van der Waals surface area (Å²) in [6.45, 7) is 0. The molecule has 0 aromatic heterocycles. The van der Waals surface area contributed by atoms with Gasteiger partial charge in [0, 0.05) is 12.8 Å². The topological polar surface area (TPSA) is 121 Å². The molecule has 6 heteroatoms. The van der Waals surface area contributed by atoms with Crippen LogP contribution in [0.25, 0.3) is 50.1 Å². The van der Waals surface area contributed by atoms with Gasteiger partial charge in [-0.05, 0) is 156 Å². The van der Waals surface area contributed by atoms with Gasteiger partial charge in [0.15, 0.2) is 0 Å². The fourth-order valence-electron chi connectivity index (χ4n) is 9.90. The summed E-state index contributed by atoms with van der Waals surface area (Å²) in [5.74, 6) is 0. The van der Waals surface area contributed by atoms with Crippen molar-refractivity contribution in [3.63, 3.8) is 0 Å². The largest absolute Gasteiger partial charge is 0.384 e. The SMILES string of the molecule is O[C@@H]1C=C[C@]2(O)C=C1c1cccc(c1)-c1ccc(cc1)C1(O)C=CC(O)(C=C1)c1ccc(cc1)-c1ccc(cc1)CC1(O)C=CC(O)(C=C1)Cc1ccc(cc1)-c1cccc(c1)-c1ccc2cc1. The summed E-state index contributed by atoms with van der Waals surface area (Å²) in [5, 5.41) is 69.9. The zero-order valence-electron chi connectivity index (χ0n) is 37.2. The van der Waals surface area contributed by atoms with Crippen LogP contribution >= 0.6 is 0 Å². The van der Waals surface area contributed by atoms with E-state index in [2.05, 4.69) is 30.3 Å². The summed E-state index contributed by atoms with van der Waals surface area (Å²) in [6, 6.07) is 55.5. The molecule has 2 atom stereocenters. The Bertz CT molecular complexity index is 3200. The van der Waals surface area contributed by atoms with Gasteiger partial charge in [0.25, 0.3) is 0 Å². The van der Waals surface area contributed by atoms with Gasteiger partial charge in [-0.1, -0.05) is 164 Å². The van der Waals surface area contributed by atoms with Crippen molar-refractivity contribution in [1.29, 1.82) is 0 Å². The Kier molecular flexibility index (Phi) is 10.5. The van der Waals surface area contributed by atoms with Gasteiger partial charge in [0.1, 0.15) is 28.0 Å². The summed E-state index contributed by atoms with van der Waals surface area (Å²) in [6.07, 6.45) is 18.0. The van der Waals surface area contributed by atoms with E-state index in [-0.39, 0.29) is 0 Å².